The lowest BCUT2D eigenvalue weighted by Crippen LogP contribution is -2.47. The molecule has 114 valence electrons. The maximum Gasteiger partial charge on any atom is 0.249 e. The monoisotopic (exact) mass is 315 g/mol. The van der Waals surface area contributed by atoms with Crippen LogP contribution in [0.4, 0.5) is 15.8 Å². The highest BCUT2D eigenvalue weighted by Gasteiger charge is 2.26. The van der Waals surface area contributed by atoms with E-state index in [0.717, 1.165) is 0 Å². The summed E-state index contributed by atoms with van der Waals surface area (Å²) in [7, 11) is 0. The SMILES string of the molecule is CC(=O)Nc1cc(NC2CCC(=O)NC2=O)ccc1F.Cl. The smallest absolute Gasteiger partial charge is 0.249 e. The summed E-state index contributed by atoms with van der Waals surface area (Å²) in [4.78, 5) is 33.6. The zero-order valence-corrected chi connectivity index (χ0v) is 12.1. The minimum atomic E-state index is -0.561. The van der Waals surface area contributed by atoms with Crippen LogP contribution in [0.15, 0.2) is 18.2 Å². The van der Waals surface area contributed by atoms with Gasteiger partial charge in [0.05, 0.1) is 5.69 Å². The van der Waals surface area contributed by atoms with Crippen LogP contribution in [0.5, 0.6) is 0 Å². The van der Waals surface area contributed by atoms with E-state index in [9.17, 15) is 18.8 Å². The number of benzene rings is 1. The summed E-state index contributed by atoms with van der Waals surface area (Å²) in [5, 5.41) is 7.49. The summed E-state index contributed by atoms with van der Waals surface area (Å²) in [6.45, 7) is 1.28. The minimum absolute atomic E-state index is 0. The average molecular weight is 316 g/mol. The summed E-state index contributed by atoms with van der Waals surface area (Å²) in [5.74, 6) is -1.66. The molecule has 1 fully saturated rings. The van der Waals surface area contributed by atoms with Crippen molar-refractivity contribution in [2.24, 2.45) is 0 Å². The molecular formula is C13H15ClFN3O3. The molecule has 1 aromatic rings. The van der Waals surface area contributed by atoms with Gasteiger partial charge in [-0.15, -0.1) is 12.4 Å². The molecule has 0 aliphatic carbocycles. The fraction of sp³-hybridized carbons (Fsp3) is 0.308. The van der Waals surface area contributed by atoms with E-state index in [1.807, 2.05) is 0 Å². The molecule has 21 heavy (non-hydrogen) atoms. The third-order valence-corrected chi connectivity index (χ3v) is 2.86. The van der Waals surface area contributed by atoms with Crippen molar-refractivity contribution in [2.75, 3.05) is 10.6 Å². The minimum Gasteiger partial charge on any atom is -0.374 e. The molecule has 0 aromatic heterocycles. The predicted molar refractivity (Wildman–Crippen MR) is 77.7 cm³/mol. The van der Waals surface area contributed by atoms with Gasteiger partial charge < -0.3 is 10.6 Å². The number of carbonyl (C=O) groups is 3. The highest BCUT2D eigenvalue weighted by molar-refractivity contribution is 6.01. The number of anilines is 2. The van der Waals surface area contributed by atoms with Crippen LogP contribution in [0.3, 0.4) is 0 Å². The molecule has 0 saturated carbocycles. The third-order valence-electron chi connectivity index (χ3n) is 2.86. The zero-order chi connectivity index (χ0) is 14.7. The molecule has 6 nitrogen and oxygen atoms in total. The molecule has 0 radical (unpaired) electrons. The number of hydrogen-bond donors (Lipinski definition) is 3. The lowest BCUT2D eigenvalue weighted by Gasteiger charge is -2.23. The van der Waals surface area contributed by atoms with Crippen molar-refractivity contribution in [3.63, 3.8) is 0 Å². The summed E-state index contributed by atoms with van der Waals surface area (Å²) in [5.41, 5.74) is 0.527. The molecule has 1 aliphatic rings. The van der Waals surface area contributed by atoms with Gasteiger partial charge in [-0.05, 0) is 24.6 Å². The molecule has 1 saturated heterocycles. The van der Waals surface area contributed by atoms with Crippen LogP contribution in [0, 0.1) is 5.82 Å². The first-order valence-electron chi connectivity index (χ1n) is 6.13. The molecule has 1 unspecified atom stereocenters. The Kier molecular flexibility index (Phi) is 5.66. The van der Waals surface area contributed by atoms with Gasteiger partial charge in [0.25, 0.3) is 0 Å². The third kappa shape index (κ3) is 4.42. The average Bonchev–Trinajstić information content (AvgIpc) is 2.36. The second kappa shape index (κ2) is 7.03. The lowest BCUT2D eigenvalue weighted by molar-refractivity contribution is -0.133. The second-order valence-electron chi connectivity index (χ2n) is 4.52. The summed E-state index contributed by atoms with van der Waals surface area (Å²) >= 11 is 0. The van der Waals surface area contributed by atoms with Crippen molar-refractivity contribution in [3.05, 3.63) is 24.0 Å². The Hall–Kier alpha value is -2.15. The number of amides is 3. The fourth-order valence-corrected chi connectivity index (χ4v) is 1.93. The van der Waals surface area contributed by atoms with Gasteiger partial charge >= 0.3 is 0 Å². The lowest BCUT2D eigenvalue weighted by atomic mass is 10.1. The Morgan fingerprint density at radius 1 is 1.38 bits per heavy atom. The molecule has 3 amide bonds. The van der Waals surface area contributed by atoms with E-state index in [2.05, 4.69) is 16.0 Å². The first-order valence-corrected chi connectivity index (χ1v) is 6.13. The quantitative estimate of drug-likeness (QED) is 0.736. The van der Waals surface area contributed by atoms with E-state index in [1.54, 1.807) is 0 Å². The van der Waals surface area contributed by atoms with E-state index < -0.39 is 17.8 Å². The van der Waals surface area contributed by atoms with E-state index in [4.69, 9.17) is 0 Å². The van der Waals surface area contributed by atoms with Gasteiger partial charge in [-0.25, -0.2) is 4.39 Å². The van der Waals surface area contributed by atoms with Crippen LogP contribution < -0.4 is 16.0 Å². The van der Waals surface area contributed by atoms with Crippen LogP contribution in [-0.4, -0.2) is 23.8 Å². The molecule has 0 spiro atoms. The number of halogens is 2. The molecule has 1 aliphatic heterocycles. The molecule has 0 bridgehead atoms. The highest BCUT2D eigenvalue weighted by atomic mass is 35.5. The second-order valence-corrected chi connectivity index (χ2v) is 4.52. The number of piperidine rings is 1. The Morgan fingerprint density at radius 3 is 2.71 bits per heavy atom. The number of imide groups is 1. The number of hydrogen-bond acceptors (Lipinski definition) is 4. The van der Waals surface area contributed by atoms with Gasteiger partial charge in [-0.1, -0.05) is 0 Å². The first kappa shape index (κ1) is 16.9. The number of rotatable bonds is 3. The van der Waals surface area contributed by atoms with E-state index in [0.29, 0.717) is 12.1 Å². The van der Waals surface area contributed by atoms with Crippen LogP contribution >= 0.6 is 12.4 Å². The van der Waals surface area contributed by atoms with Gasteiger partial charge in [-0.3, -0.25) is 19.7 Å². The van der Waals surface area contributed by atoms with Crippen molar-refractivity contribution in [1.29, 1.82) is 0 Å². The van der Waals surface area contributed by atoms with E-state index >= 15 is 0 Å². The van der Waals surface area contributed by atoms with Crippen molar-refractivity contribution in [3.8, 4) is 0 Å². The molecule has 8 heteroatoms. The van der Waals surface area contributed by atoms with Gasteiger partial charge in [-0.2, -0.15) is 0 Å². The predicted octanol–water partition coefficient (Wildman–Crippen LogP) is 1.42. The number of nitrogens with one attached hydrogen (secondary N) is 3. The molecule has 1 aromatic carbocycles. The maximum atomic E-state index is 13.5. The molecule has 3 N–H and O–H groups in total. The van der Waals surface area contributed by atoms with Crippen molar-refractivity contribution in [1.82, 2.24) is 5.32 Å². The standard InChI is InChI=1S/C13H14FN3O3.ClH/c1-7(18)15-11-6-8(2-3-9(11)14)16-10-4-5-12(19)17-13(10)20;/h2-3,6,10,16H,4-5H2,1H3,(H,15,18)(H,17,19,20);1H. The van der Waals surface area contributed by atoms with Gasteiger partial charge in [0.15, 0.2) is 0 Å². The van der Waals surface area contributed by atoms with Crippen LogP contribution in [-0.2, 0) is 14.4 Å². The summed E-state index contributed by atoms with van der Waals surface area (Å²) in [6, 6.07) is 3.51. The Balaban J connectivity index is 0.00000220. The van der Waals surface area contributed by atoms with Crippen LogP contribution in [0.2, 0.25) is 0 Å². The maximum absolute atomic E-state index is 13.5. The molecule has 1 atom stereocenters. The summed E-state index contributed by atoms with van der Waals surface area (Å²) in [6.07, 6.45) is 0.626. The summed E-state index contributed by atoms with van der Waals surface area (Å²) < 4.78 is 13.5. The van der Waals surface area contributed by atoms with Gasteiger partial charge in [0, 0.05) is 19.0 Å². The van der Waals surface area contributed by atoms with Gasteiger partial charge in [0.2, 0.25) is 17.7 Å². The van der Waals surface area contributed by atoms with Crippen LogP contribution in [0.1, 0.15) is 19.8 Å². The van der Waals surface area contributed by atoms with Crippen molar-refractivity contribution >= 4 is 41.5 Å². The molecule has 1 heterocycles. The molecular weight excluding hydrogens is 301 g/mol. The van der Waals surface area contributed by atoms with Crippen molar-refractivity contribution < 1.29 is 18.8 Å². The zero-order valence-electron chi connectivity index (χ0n) is 11.2. The normalized spacial score (nSPS) is 17.5. The fourth-order valence-electron chi connectivity index (χ4n) is 1.93. The number of carbonyl (C=O) groups excluding carboxylic acids is 3. The van der Waals surface area contributed by atoms with E-state index in [1.165, 1.54) is 25.1 Å². The van der Waals surface area contributed by atoms with Gasteiger partial charge in [0.1, 0.15) is 11.9 Å². The van der Waals surface area contributed by atoms with Crippen molar-refractivity contribution in [2.45, 2.75) is 25.8 Å². The molecule has 2 rings (SSSR count). The topological polar surface area (TPSA) is 87.3 Å². The Labute approximate surface area is 126 Å². The first-order chi connectivity index (χ1) is 9.45. The van der Waals surface area contributed by atoms with Crippen LogP contribution in [0.25, 0.3) is 0 Å². The van der Waals surface area contributed by atoms with E-state index in [-0.39, 0.29) is 36.3 Å². The largest absolute Gasteiger partial charge is 0.374 e. The Bertz CT molecular complexity index is 580. The Morgan fingerprint density at radius 2 is 2.10 bits per heavy atom. The highest BCUT2D eigenvalue weighted by Crippen LogP contribution is 2.21.